The minimum atomic E-state index is -2.88. The van der Waals surface area contributed by atoms with E-state index in [4.69, 9.17) is 14.1 Å². The third-order valence-corrected chi connectivity index (χ3v) is 12.9. The van der Waals surface area contributed by atoms with E-state index in [2.05, 4.69) is 92.4 Å². The quantitative estimate of drug-likeness (QED) is 0.103. The van der Waals surface area contributed by atoms with Crippen LogP contribution < -0.4 is 10.4 Å². The van der Waals surface area contributed by atoms with Crippen molar-refractivity contribution in [2.75, 3.05) is 6.61 Å². The van der Waals surface area contributed by atoms with Crippen molar-refractivity contribution in [2.24, 2.45) is 0 Å². The maximum Gasteiger partial charge on any atom is 0.330 e. The minimum absolute atomic E-state index is 0.213. The van der Waals surface area contributed by atoms with Gasteiger partial charge < -0.3 is 9.16 Å². The summed E-state index contributed by atoms with van der Waals surface area (Å²) in [7, 11) is -2.88. The summed E-state index contributed by atoms with van der Waals surface area (Å²) >= 11 is 0. The van der Waals surface area contributed by atoms with Gasteiger partial charge in [-0.25, -0.2) is 14.5 Å². The van der Waals surface area contributed by atoms with Gasteiger partial charge in [0, 0.05) is 47.1 Å². The third kappa shape index (κ3) is 6.00. The molecule has 0 fully saturated rings. The van der Waals surface area contributed by atoms with E-state index in [1.54, 1.807) is 13.0 Å². The first-order chi connectivity index (χ1) is 21.2. The summed E-state index contributed by atoms with van der Waals surface area (Å²) in [5.41, 5.74) is 5.12. The number of hydrogen-bond donors (Lipinski definition) is 0. The summed E-state index contributed by atoms with van der Waals surface area (Å²) in [4.78, 5) is 22.3. The Labute approximate surface area is 260 Å². The lowest BCUT2D eigenvalue weighted by Crippen LogP contribution is -2.66. The first-order valence-corrected chi connectivity index (χ1v) is 17.0. The van der Waals surface area contributed by atoms with Gasteiger partial charge in [-0.2, -0.15) is 5.10 Å². The molecule has 0 spiro atoms. The van der Waals surface area contributed by atoms with Crippen molar-refractivity contribution in [2.45, 2.75) is 59.7 Å². The molecule has 0 radical (unpaired) electrons. The molecule has 8 heteroatoms. The van der Waals surface area contributed by atoms with Crippen LogP contribution in [0.3, 0.4) is 0 Å². The zero-order valence-electron chi connectivity index (χ0n) is 26.4. The number of fused-ring (bicyclic) bond motifs is 1. The minimum Gasteiger partial charge on any atom is -0.463 e. The second-order valence-corrected chi connectivity index (χ2v) is 16.1. The molecule has 7 nitrogen and oxygen atoms in total. The molecule has 3 heterocycles. The van der Waals surface area contributed by atoms with Crippen LogP contribution in [-0.4, -0.2) is 40.6 Å². The fourth-order valence-corrected chi connectivity index (χ4v) is 10.5. The molecule has 0 aliphatic heterocycles. The molecule has 5 rings (SSSR count). The van der Waals surface area contributed by atoms with Gasteiger partial charge in [0.1, 0.15) is 0 Å². The Morgan fingerprint density at radius 3 is 2.18 bits per heavy atom. The second-order valence-electron chi connectivity index (χ2n) is 11.8. The number of benzene rings is 2. The predicted octanol–water partition coefficient (Wildman–Crippen LogP) is 6.47. The van der Waals surface area contributed by atoms with E-state index in [-0.39, 0.29) is 11.6 Å². The SMILES string of the molecule is CCOC(=O)/C=C/c1c(CO[Si](c2ccccc2)(c2ccccc2)C(C)(C)C)nc2c(cnn2CC)c1-c1cncc(C)c1. The Kier molecular flexibility index (Phi) is 9.22. The van der Waals surface area contributed by atoms with Gasteiger partial charge in [-0.1, -0.05) is 81.4 Å². The van der Waals surface area contributed by atoms with Gasteiger partial charge in [0.15, 0.2) is 5.65 Å². The fourth-order valence-electron chi connectivity index (χ4n) is 5.95. The number of aryl methyl sites for hydroxylation is 2. The topological polar surface area (TPSA) is 79.1 Å². The van der Waals surface area contributed by atoms with Crippen LogP contribution in [0.15, 0.2) is 91.4 Å². The molecule has 0 atom stereocenters. The van der Waals surface area contributed by atoms with Gasteiger partial charge in [0.25, 0.3) is 8.32 Å². The Morgan fingerprint density at radius 1 is 0.955 bits per heavy atom. The lowest BCUT2D eigenvalue weighted by Gasteiger charge is -2.43. The Balaban J connectivity index is 1.77. The molecule has 0 aliphatic carbocycles. The maximum absolute atomic E-state index is 12.6. The van der Waals surface area contributed by atoms with Gasteiger partial charge in [-0.3, -0.25) is 4.98 Å². The Morgan fingerprint density at radius 2 is 1.61 bits per heavy atom. The highest BCUT2D eigenvalue weighted by molar-refractivity contribution is 6.99. The highest BCUT2D eigenvalue weighted by Crippen LogP contribution is 2.39. The molecule has 226 valence electrons. The number of hydrogen-bond acceptors (Lipinski definition) is 6. The average Bonchev–Trinajstić information content (AvgIpc) is 3.43. The number of rotatable bonds is 10. The number of aromatic nitrogens is 4. The van der Waals surface area contributed by atoms with E-state index in [1.165, 1.54) is 16.4 Å². The summed E-state index contributed by atoms with van der Waals surface area (Å²) in [6, 6.07) is 23.2. The van der Waals surface area contributed by atoms with E-state index in [0.29, 0.717) is 13.2 Å². The van der Waals surface area contributed by atoms with E-state index >= 15 is 0 Å². The first kappa shape index (κ1) is 31.0. The molecule has 3 aromatic heterocycles. The number of carbonyl (C=O) groups is 1. The van der Waals surface area contributed by atoms with Crippen LogP contribution >= 0.6 is 0 Å². The number of pyridine rings is 2. The molecule has 0 saturated carbocycles. The molecule has 44 heavy (non-hydrogen) atoms. The molecular weight excluding hydrogens is 565 g/mol. The van der Waals surface area contributed by atoms with E-state index < -0.39 is 14.3 Å². The third-order valence-electron chi connectivity index (χ3n) is 7.88. The summed E-state index contributed by atoms with van der Waals surface area (Å²) in [5.74, 6) is -0.413. The molecule has 5 aromatic rings. The summed E-state index contributed by atoms with van der Waals surface area (Å²) in [6.45, 7) is 13.8. The maximum atomic E-state index is 12.6. The Hall–Kier alpha value is -4.40. The second kappa shape index (κ2) is 13.1. The number of esters is 1. The zero-order chi connectivity index (χ0) is 31.3. The lowest BCUT2D eigenvalue weighted by atomic mass is 9.96. The van der Waals surface area contributed by atoms with Crippen LogP contribution in [0.25, 0.3) is 28.2 Å². The zero-order valence-corrected chi connectivity index (χ0v) is 27.4. The molecule has 2 aromatic carbocycles. The highest BCUT2D eigenvalue weighted by atomic mass is 28.4. The first-order valence-electron chi connectivity index (χ1n) is 15.1. The van der Waals surface area contributed by atoms with Crippen molar-refractivity contribution in [1.82, 2.24) is 19.7 Å². The molecule has 0 bridgehead atoms. The lowest BCUT2D eigenvalue weighted by molar-refractivity contribution is -0.137. The van der Waals surface area contributed by atoms with Gasteiger partial charge in [0.2, 0.25) is 0 Å². The normalized spacial score (nSPS) is 12.2. The summed E-state index contributed by atoms with van der Waals surface area (Å²) in [6.07, 6.45) is 8.79. The number of ether oxygens (including phenoxy) is 1. The largest absolute Gasteiger partial charge is 0.463 e. The van der Waals surface area contributed by atoms with Crippen molar-refractivity contribution in [1.29, 1.82) is 0 Å². The van der Waals surface area contributed by atoms with Crippen LogP contribution in [0.1, 0.15) is 51.4 Å². The van der Waals surface area contributed by atoms with Crippen LogP contribution in [0, 0.1) is 6.92 Å². The van der Waals surface area contributed by atoms with Crippen molar-refractivity contribution < 1.29 is 14.0 Å². The average molecular weight is 605 g/mol. The van der Waals surface area contributed by atoms with Gasteiger partial charge in [-0.15, -0.1) is 0 Å². The standard InChI is InChI=1S/C36H40N4O3Si/c1-7-40-35-31(24-38-40)34(27-21-26(3)22-37-23-27)30(19-20-33(41)42-8-2)32(39-35)25-43-44(36(4,5)6,28-15-11-9-12-16-28)29-17-13-10-14-18-29/h9-24H,7-8,25H2,1-6H3/b20-19+. The number of nitrogens with zero attached hydrogens (tertiary/aromatic N) is 4. The van der Waals surface area contributed by atoms with Crippen molar-refractivity contribution in [3.05, 3.63) is 108 Å². The summed E-state index contributed by atoms with van der Waals surface area (Å²) < 4.78 is 14.5. The van der Waals surface area contributed by atoms with Crippen LogP contribution in [0.4, 0.5) is 0 Å². The van der Waals surface area contributed by atoms with Crippen molar-refractivity contribution in [3.63, 3.8) is 0 Å². The van der Waals surface area contributed by atoms with E-state index in [9.17, 15) is 4.79 Å². The molecule has 0 saturated heterocycles. The molecule has 0 amide bonds. The molecular formula is C36H40N4O3Si. The number of carbonyl (C=O) groups excluding carboxylic acids is 1. The van der Waals surface area contributed by atoms with Crippen LogP contribution in [0.2, 0.25) is 5.04 Å². The van der Waals surface area contributed by atoms with Gasteiger partial charge >= 0.3 is 5.97 Å². The van der Waals surface area contributed by atoms with Crippen LogP contribution in [0.5, 0.6) is 0 Å². The predicted molar refractivity (Wildman–Crippen MR) is 179 cm³/mol. The van der Waals surface area contributed by atoms with Crippen molar-refractivity contribution >= 4 is 41.8 Å². The molecule has 0 unspecified atom stereocenters. The molecule has 0 aliphatic rings. The van der Waals surface area contributed by atoms with Crippen LogP contribution in [-0.2, 0) is 27.1 Å². The molecule has 0 N–H and O–H groups in total. The monoisotopic (exact) mass is 604 g/mol. The van der Waals surface area contributed by atoms with Gasteiger partial charge in [-0.05, 0) is 53.9 Å². The summed E-state index contributed by atoms with van der Waals surface area (Å²) in [5, 5.41) is 7.70. The fraction of sp³-hybridized carbons (Fsp3) is 0.278. The Bertz CT molecular complexity index is 1740. The van der Waals surface area contributed by atoms with Gasteiger partial charge in [0.05, 0.1) is 25.1 Å². The smallest absolute Gasteiger partial charge is 0.330 e. The highest BCUT2D eigenvalue weighted by Gasteiger charge is 2.50. The van der Waals surface area contributed by atoms with Crippen molar-refractivity contribution in [3.8, 4) is 11.1 Å². The van der Waals surface area contributed by atoms with E-state index in [0.717, 1.165) is 39.0 Å². The van der Waals surface area contributed by atoms with E-state index in [1.807, 2.05) is 42.3 Å².